The molecule has 1 aliphatic carbocycles. The van der Waals surface area contributed by atoms with Gasteiger partial charge in [0.05, 0.1) is 12.1 Å². The van der Waals surface area contributed by atoms with Crippen LogP contribution >= 0.6 is 11.6 Å². The number of halogens is 1. The summed E-state index contributed by atoms with van der Waals surface area (Å²) < 4.78 is 6.12. The van der Waals surface area contributed by atoms with E-state index in [1.54, 1.807) is 18.5 Å². The van der Waals surface area contributed by atoms with Gasteiger partial charge in [0.1, 0.15) is 11.9 Å². The average molecular weight is 384 g/mol. The van der Waals surface area contributed by atoms with Gasteiger partial charge in [-0.2, -0.15) is 0 Å². The van der Waals surface area contributed by atoms with E-state index in [4.69, 9.17) is 16.3 Å². The third-order valence-electron chi connectivity index (χ3n) is 4.97. The fraction of sp³-hybridized carbons (Fsp3) is 0.381. The fourth-order valence-electron chi connectivity index (χ4n) is 3.67. The zero-order chi connectivity index (χ0) is 18.6. The minimum absolute atomic E-state index is 0.0624. The molecule has 1 aromatic heterocycles. The molecule has 0 spiro atoms. The molecule has 0 unspecified atom stereocenters. The number of carbonyl (C=O) groups is 1. The maximum absolute atomic E-state index is 12.2. The number of rotatable bonds is 5. The molecule has 0 saturated heterocycles. The SMILES string of the molecule is O=C(CC1=CCCCC1)NC[C@@H]1Cc2cc(Cl)cc(-c3ncccn3)c2O1. The zero-order valence-electron chi connectivity index (χ0n) is 15.1. The molecule has 1 aliphatic heterocycles. The van der Waals surface area contributed by atoms with E-state index >= 15 is 0 Å². The van der Waals surface area contributed by atoms with Crippen molar-refractivity contribution < 1.29 is 9.53 Å². The molecule has 1 atom stereocenters. The van der Waals surface area contributed by atoms with Crippen LogP contribution in [0, 0.1) is 0 Å². The number of amides is 1. The van der Waals surface area contributed by atoms with Crippen LogP contribution in [0.5, 0.6) is 5.75 Å². The van der Waals surface area contributed by atoms with Crippen LogP contribution in [0.4, 0.5) is 0 Å². The highest BCUT2D eigenvalue weighted by Gasteiger charge is 2.27. The predicted octanol–water partition coefficient (Wildman–Crippen LogP) is 4.11. The summed E-state index contributed by atoms with van der Waals surface area (Å²) in [6.45, 7) is 0.480. The van der Waals surface area contributed by atoms with Crippen molar-refractivity contribution in [2.24, 2.45) is 0 Å². The van der Waals surface area contributed by atoms with E-state index < -0.39 is 0 Å². The summed E-state index contributed by atoms with van der Waals surface area (Å²) in [7, 11) is 0. The van der Waals surface area contributed by atoms with Crippen molar-refractivity contribution in [3.05, 3.63) is 52.8 Å². The van der Waals surface area contributed by atoms with Gasteiger partial charge in [-0.3, -0.25) is 4.79 Å². The number of aromatic nitrogens is 2. The Bertz CT molecular complexity index is 867. The molecule has 2 aromatic rings. The molecule has 1 aromatic carbocycles. The van der Waals surface area contributed by atoms with Crippen LogP contribution in [0.25, 0.3) is 11.4 Å². The molecule has 5 nitrogen and oxygen atoms in total. The van der Waals surface area contributed by atoms with E-state index in [-0.39, 0.29) is 12.0 Å². The molecule has 0 saturated carbocycles. The number of hydrogen-bond acceptors (Lipinski definition) is 4. The monoisotopic (exact) mass is 383 g/mol. The van der Waals surface area contributed by atoms with Gasteiger partial charge in [-0.05, 0) is 43.9 Å². The Labute approximate surface area is 163 Å². The minimum atomic E-state index is -0.106. The molecule has 2 aliphatic rings. The number of ether oxygens (including phenoxy) is 1. The van der Waals surface area contributed by atoms with Crippen molar-refractivity contribution in [2.45, 2.75) is 44.6 Å². The van der Waals surface area contributed by atoms with E-state index in [1.807, 2.05) is 12.1 Å². The van der Waals surface area contributed by atoms with Crippen LogP contribution in [0.1, 0.15) is 37.7 Å². The Morgan fingerprint density at radius 3 is 2.89 bits per heavy atom. The molecule has 0 fully saturated rings. The summed E-state index contributed by atoms with van der Waals surface area (Å²) >= 11 is 6.28. The number of fused-ring (bicyclic) bond motifs is 1. The molecule has 6 heteroatoms. The van der Waals surface area contributed by atoms with Crippen LogP contribution in [0.2, 0.25) is 5.02 Å². The van der Waals surface area contributed by atoms with Gasteiger partial charge in [0, 0.05) is 35.8 Å². The maximum Gasteiger partial charge on any atom is 0.224 e. The second-order valence-corrected chi connectivity index (χ2v) is 7.48. The Morgan fingerprint density at radius 1 is 1.26 bits per heavy atom. The minimum Gasteiger partial charge on any atom is -0.487 e. The normalized spacial score (nSPS) is 18.4. The largest absolute Gasteiger partial charge is 0.487 e. The molecule has 140 valence electrons. The third kappa shape index (κ3) is 4.30. The topological polar surface area (TPSA) is 64.1 Å². The van der Waals surface area contributed by atoms with Gasteiger partial charge in [-0.15, -0.1) is 0 Å². The molecule has 1 amide bonds. The van der Waals surface area contributed by atoms with Crippen molar-refractivity contribution in [3.8, 4) is 17.1 Å². The van der Waals surface area contributed by atoms with Gasteiger partial charge in [0.2, 0.25) is 5.91 Å². The van der Waals surface area contributed by atoms with E-state index in [0.717, 1.165) is 29.7 Å². The van der Waals surface area contributed by atoms with Crippen LogP contribution in [-0.4, -0.2) is 28.5 Å². The maximum atomic E-state index is 12.2. The van der Waals surface area contributed by atoms with E-state index in [1.165, 1.54) is 18.4 Å². The second kappa shape index (κ2) is 8.09. The highest BCUT2D eigenvalue weighted by atomic mass is 35.5. The average Bonchev–Trinajstić information content (AvgIpc) is 3.10. The molecule has 4 rings (SSSR count). The van der Waals surface area contributed by atoms with Gasteiger partial charge in [-0.1, -0.05) is 23.3 Å². The first-order chi connectivity index (χ1) is 13.2. The first kappa shape index (κ1) is 18.0. The lowest BCUT2D eigenvalue weighted by atomic mass is 9.97. The number of benzene rings is 1. The van der Waals surface area contributed by atoms with Gasteiger partial charge in [-0.25, -0.2) is 9.97 Å². The molecular formula is C21H22ClN3O2. The second-order valence-electron chi connectivity index (χ2n) is 7.05. The number of allylic oxidation sites excluding steroid dienone is 1. The smallest absolute Gasteiger partial charge is 0.224 e. The molecule has 0 bridgehead atoms. The highest BCUT2D eigenvalue weighted by Crippen LogP contribution is 2.39. The summed E-state index contributed by atoms with van der Waals surface area (Å²) in [5, 5.41) is 3.64. The first-order valence-corrected chi connectivity index (χ1v) is 9.78. The van der Waals surface area contributed by atoms with Crippen LogP contribution < -0.4 is 10.1 Å². The lowest BCUT2D eigenvalue weighted by Gasteiger charge is -2.15. The Kier molecular flexibility index (Phi) is 5.39. The quantitative estimate of drug-likeness (QED) is 0.789. The third-order valence-corrected chi connectivity index (χ3v) is 5.19. The Hall–Kier alpha value is -2.40. The summed E-state index contributed by atoms with van der Waals surface area (Å²) in [6, 6.07) is 5.51. The number of nitrogens with zero attached hydrogens (tertiary/aromatic N) is 2. The summed E-state index contributed by atoms with van der Waals surface area (Å²) in [5.41, 5.74) is 3.07. The van der Waals surface area contributed by atoms with Crippen molar-refractivity contribution in [2.75, 3.05) is 6.54 Å². The van der Waals surface area contributed by atoms with Crippen LogP contribution in [-0.2, 0) is 11.2 Å². The van der Waals surface area contributed by atoms with Gasteiger partial charge in [0.25, 0.3) is 0 Å². The predicted molar refractivity (Wildman–Crippen MR) is 105 cm³/mol. The summed E-state index contributed by atoms with van der Waals surface area (Å²) in [6.07, 6.45) is 11.2. The highest BCUT2D eigenvalue weighted by molar-refractivity contribution is 6.31. The standard InChI is InChI=1S/C21H22ClN3O2/c22-16-10-15-11-17(13-25-19(26)9-14-5-2-1-3-6-14)27-20(15)18(12-16)21-23-7-4-8-24-21/h4-5,7-8,10,12,17H,1-3,6,9,11,13H2,(H,25,26)/t17-/m0/s1. The van der Waals surface area contributed by atoms with E-state index in [9.17, 15) is 4.79 Å². The number of hydrogen-bond donors (Lipinski definition) is 1. The molecule has 27 heavy (non-hydrogen) atoms. The summed E-state index contributed by atoms with van der Waals surface area (Å²) in [5.74, 6) is 1.41. The van der Waals surface area contributed by atoms with Crippen LogP contribution in [0.3, 0.4) is 0 Å². The fourth-order valence-corrected chi connectivity index (χ4v) is 3.92. The molecule has 0 radical (unpaired) electrons. The molecule has 2 heterocycles. The number of carbonyl (C=O) groups excluding carboxylic acids is 1. The zero-order valence-corrected chi connectivity index (χ0v) is 15.8. The van der Waals surface area contributed by atoms with Gasteiger partial charge < -0.3 is 10.1 Å². The van der Waals surface area contributed by atoms with Crippen molar-refractivity contribution in [1.29, 1.82) is 0 Å². The van der Waals surface area contributed by atoms with E-state index in [0.29, 0.717) is 30.2 Å². The van der Waals surface area contributed by atoms with Crippen molar-refractivity contribution in [3.63, 3.8) is 0 Å². The lowest BCUT2D eigenvalue weighted by molar-refractivity contribution is -0.120. The lowest BCUT2D eigenvalue weighted by Crippen LogP contribution is -2.34. The van der Waals surface area contributed by atoms with E-state index in [2.05, 4.69) is 21.4 Å². The molecule has 1 N–H and O–H groups in total. The Morgan fingerprint density at radius 2 is 2.11 bits per heavy atom. The van der Waals surface area contributed by atoms with Crippen LogP contribution in [0.15, 0.2) is 42.2 Å². The van der Waals surface area contributed by atoms with Crippen molar-refractivity contribution >= 4 is 17.5 Å². The van der Waals surface area contributed by atoms with Crippen molar-refractivity contribution in [1.82, 2.24) is 15.3 Å². The van der Waals surface area contributed by atoms with Gasteiger partial charge in [0.15, 0.2) is 5.82 Å². The van der Waals surface area contributed by atoms with Gasteiger partial charge >= 0.3 is 0 Å². The Balaban J connectivity index is 1.41. The summed E-state index contributed by atoms with van der Waals surface area (Å²) in [4.78, 5) is 20.8. The first-order valence-electron chi connectivity index (χ1n) is 9.40. The molecular weight excluding hydrogens is 362 g/mol. The number of nitrogens with one attached hydrogen (secondary N) is 1.